The van der Waals surface area contributed by atoms with Gasteiger partial charge in [0.2, 0.25) is 23.6 Å². The first-order valence-electron chi connectivity index (χ1n) is 10.9. The Morgan fingerprint density at radius 2 is 0.611 bits per heavy atom. The summed E-state index contributed by atoms with van der Waals surface area (Å²) in [5.41, 5.74) is 0. The van der Waals surface area contributed by atoms with Crippen molar-refractivity contribution in [3.8, 4) is 0 Å². The number of aliphatic carboxylic acids is 4. The zero-order valence-corrected chi connectivity index (χ0v) is 19.0. The molecule has 0 spiro atoms. The molecule has 36 heavy (non-hydrogen) atoms. The van der Waals surface area contributed by atoms with Crippen LogP contribution in [-0.2, 0) is 38.4 Å². The number of nitrogens with one attached hydrogen (secondary N) is 4. The Labute approximate surface area is 203 Å². The average Bonchev–Trinajstić information content (AvgIpc) is 2.78. The fraction of sp³-hybridized carbons (Fsp3) is 0.600. The monoisotopic (exact) mass is 516 g/mol. The molecule has 1 aliphatic heterocycles. The molecule has 0 aromatic heterocycles. The van der Waals surface area contributed by atoms with Crippen molar-refractivity contribution in [2.45, 2.75) is 75.5 Å². The Bertz CT molecular complexity index is 761. The lowest BCUT2D eigenvalue weighted by molar-refractivity contribution is -0.144. The molecule has 0 saturated carbocycles. The lowest BCUT2D eigenvalue weighted by atomic mass is 10.1. The third kappa shape index (κ3) is 10.8. The number of rotatable bonds is 4. The highest BCUT2D eigenvalue weighted by molar-refractivity contribution is 5.88. The molecule has 1 saturated heterocycles. The van der Waals surface area contributed by atoms with E-state index in [-0.39, 0.29) is 0 Å². The van der Waals surface area contributed by atoms with Crippen LogP contribution in [0.3, 0.4) is 0 Å². The summed E-state index contributed by atoms with van der Waals surface area (Å²) in [6.45, 7) is 0. The van der Waals surface area contributed by atoms with Crippen LogP contribution in [0.5, 0.6) is 0 Å². The minimum absolute atomic E-state index is 0.418. The van der Waals surface area contributed by atoms with Crippen LogP contribution in [0.2, 0.25) is 0 Å². The van der Waals surface area contributed by atoms with E-state index in [0.29, 0.717) is 0 Å². The van der Waals surface area contributed by atoms with Crippen molar-refractivity contribution in [1.82, 2.24) is 21.3 Å². The van der Waals surface area contributed by atoms with Crippen molar-refractivity contribution in [3.05, 3.63) is 0 Å². The summed E-state index contributed by atoms with van der Waals surface area (Å²) < 4.78 is 0. The molecule has 1 rings (SSSR count). The highest BCUT2D eigenvalue weighted by Crippen LogP contribution is 2.07. The van der Waals surface area contributed by atoms with Gasteiger partial charge in [0.05, 0.1) is 0 Å². The summed E-state index contributed by atoms with van der Waals surface area (Å²) in [7, 11) is 0. The van der Waals surface area contributed by atoms with E-state index in [1.54, 1.807) is 0 Å². The van der Waals surface area contributed by atoms with Crippen molar-refractivity contribution in [3.63, 3.8) is 0 Å². The third-order valence-corrected chi connectivity index (χ3v) is 5.17. The number of carbonyl (C=O) groups excluding carboxylic acids is 4. The fourth-order valence-corrected chi connectivity index (χ4v) is 3.20. The highest BCUT2D eigenvalue weighted by Gasteiger charge is 2.28. The number of amides is 4. The van der Waals surface area contributed by atoms with E-state index in [1.165, 1.54) is 0 Å². The molecule has 8 N–H and O–H groups in total. The molecule has 1 aliphatic rings. The largest absolute Gasteiger partial charge is 0.480 e. The predicted molar refractivity (Wildman–Crippen MR) is 115 cm³/mol. The van der Waals surface area contributed by atoms with Crippen LogP contribution in [0.25, 0.3) is 0 Å². The topological polar surface area (TPSA) is 266 Å². The van der Waals surface area contributed by atoms with Gasteiger partial charge in [0, 0.05) is 25.7 Å². The van der Waals surface area contributed by atoms with Crippen molar-refractivity contribution in [2.24, 2.45) is 0 Å². The average molecular weight is 516 g/mol. The smallest absolute Gasteiger partial charge is 0.326 e. The van der Waals surface area contributed by atoms with Gasteiger partial charge >= 0.3 is 23.9 Å². The van der Waals surface area contributed by atoms with E-state index in [9.17, 15) is 58.8 Å². The molecule has 0 aromatic rings. The van der Waals surface area contributed by atoms with E-state index in [2.05, 4.69) is 21.3 Å². The minimum Gasteiger partial charge on any atom is -0.480 e. The van der Waals surface area contributed by atoms with Crippen molar-refractivity contribution < 1.29 is 58.8 Å². The van der Waals surface area contributed by atoms with Gasteiger partial charge in [-0.2, -0.15) is 0 Å². The van der Waals surface area contributed by atoms with Crippen molar-refractivity contribution in [1.29, 1.82) is 0 Å². The van der Waals surface area contributed by atoms with Crippen LogP contribution >= 0.6 is 0 Å². The van der Waals surface area contributed by atoms with Crippen LogP contribution < -0.4 is 21.3 Å². The lowest BCUT2D eigenvalue weighted by Gasteiger charge is -2.19. The van der Waals surface area contributed by atoms with Gasteiger partial charge in [-0.1, -0.05) is 0 Å². The first kappa shape index (κ1) is 29.8. The molecule has 0 aliphatic carbocycles. The van der Waals surface area contributed by atoms with Gasteiger partial charge < -0.3 is 41.7 Å². The van der Waals surface area contributed by atoms with Crippen LogP contribution in [0.4, 0.5) is 0 Å². The Balaban J connectivity index is 3.08. The summed E-state index contributed by atoms with van der Waals surface area (Å²) in [5.74, 6) is -9.41. The molecular weight excluding hydrogens is 488 g/mol. The molecule has 16 nitrogen and oxygen atoms in total. The third-order valence-electron chi connectivity index (χ3n) is 5.17. The first-order chi connectivity index (χ1) is 16.8. The molecule has 16 heteroatoms. The first-order valence-corrected chi connectivity index (χ1v) is 10.9. The lowest BCUT2D eigenvalue weighted by Crippen LogP contribution is -2.46. The molecule has 4 atom stereocenters. The normalized spacial score (nSPS) is 25.8. The number of carbonyl (C=O) groups is 8. The molecule has 4 amide bonds. The standard InChI is InChI=1S/C20H28N4O12/c25-13-5-1-9(17(29)30)21-14(26)6-2-11(19(33)34)23-16(28)8-4-12(20(35)36)24-15(27)7-3-10(22-13)18(31)32/h9-12H,1-8H2,(H,21,26)(H,22,25)(H,23,28)(H,24,27)(H,29,30)(H,31,32)(H,33,34)(H,35,36)/t9-,10-,11-,12?/m0/s1. The molecule has 0 aromatic carbocycles. The number of hydrogen-bond acceptors (Lipinski definition) is 8. The van der Waals surface area contributed by atoms with Gasteiger partial charge in [0.1, 0.15) is 24.2 Å². The van der Waals surface area contributed by atoms with Gasteiger partial charge in [-0.25, -0.2) is 19.2 Å². The molecule has 1 fully saturated rings. The predicted octanol–water partition coefficient (Wildman–Crippen LogP) is -2.60. The molecule has 1 heterocycles. The van der Waals surface area contributed by atoms with Gasteiger partial charge in [0.15, 0.2) is 0 Å². The van der Waals surface area contributed by atoms with Gasteiger partial charge in [-0.05, 0) is 25.7 Å². The number of hydrogen-bond donors (Lipinski definition) is 8. The van der Waals surface area contributed by atoms with E-state index in [4.69, 9.17) is 0 Å². The van der Waals surface area contributed by atoms with E-state index in [1.807, 2.05) is 0 Å². The van der Waals surface area contributed by atoms with Gasteiger partial charge in [0.25, 0.3) is 0 Å². The maximum atomic E-state index is 12.1. The van der Waals surface area contributed by atoms with Crippen molar-refractivity contribution >= 4 is 47.5 Å². The van der Waals surface area contributed by atoms with Gasteiger partial charge in [-0.3, -0.25) is 19.2 Å². The van der Waals surface area contributed by atoms with Crippen molar-refractivity contribution in [2.75, 3.05) is 0 Å². The Morgan fingerprint density at radius 3 is 0.750 bits per heavy atom. The van der Waals surface area contributed by atoms with Crippen LogP contribution in [0, 0.1) is 0 Å². The quantitative estimate of drug-likeness (QED) is 0.191. The molecular formula is C20H28N4O12. The second-order valence-electron chi connectivity index (χ2n) is 7.99. The van der Waals surface area contributed by atoms with E-state index >= 15 is 0 Å². The summed E-state index contributed by atoms with van der Waals surface area (Å²) in [6.07, 6.45) is -3.66. The molecule has 0 bridgehead atoms. The van der Waals surface area contributed by atoms with E-state index in [0.717, 1.165) is 0 Å². The van der Waals surface area contributed by atoms with Gasteiger partial charge in [-0.15, -0.1) is 0 Å². The minimum atomic E-state index is -1.53. The maximum absolute atomic E-state index is 12.1. The second-order valence-corrected chi connectivity index (χ2v) is 7.99. The Hall–Kier alpha value is -4.24. The summed E-state index contributed by atoms with van der Waals surface area (Å²) in [5, 5.41) is 45.7. The fourth-order valence-electron chi connectivity index (χ4n) is 3.20. The molecule has 1 unspecified atom stereocenters. The highest BCUT2D eigenvalue weighted by atomic mass is 16.4. The van der Waals surface area contributed by atoms with E-state index < -0.39 is 123 Å². The summed E-state index contributed by atoms with van der Waals surface area (Å²) >= 11 is 0. The van der Waals surface area contributed by atoms with Crippen LogP contribution in [0.15, 0.2) is 0 Å². The van der Waals surface area contributed by atoms with Crippen LogP contribution in [0.1, 0.15) is 51.4 Å². The summed E-state index contributed by atoms with van der Waals surface area (Å²) in [6, 6.07) is -6.13. The Morgan fingerprint density at radius 1 is 0.444 bits per heavy atom. The number of carboxylic acid groups (broad SMARTS) is 4. The second kappa shape index (κ2) is 14.2. The maximum Gasteiger partial charge on any atom is 0.326 e. The number of carboxylic acids is 4. The molecule has 200 valence electrons. The molecule has 0 radical (unpaired) electrons. The SMILES string of the molecule is O=C1CC[C@@H](C(=O)O)NC(=O)CC[C@@H](C(=O)O)NC(=O)CC[C@@H](C(=O)O)NC(=O)CCC(C(=O)O)N1. The summed E-state index contributed by atoms with van der Waals surface area (Å²) in [4.78, 5) is 94.2. The Kier molecular flexibility index (Phi) is 11.8. The van der Waals surface area contributed by atoms with Crippen LogP contribution in [-0.4, -0.2) is 92.1 Å². The zero-order valence-electron chi connectivity index (χ0n) is 19.0. The zero-order chi connectivity index (χ0) is 27.4.